The van der Waals surface area contributed by atoms with Crippen molar-refractivity contribution in [3.8, 4) is 0 Å². The summed E-state index contributed by atoms with van der Waals surface area (Å²) in [4.78, 5) is 11.0. The van der Waals surface area contributed by atoms with Crippen LogP contribution in [0.25, 0.3) is 0 Å². The standard InChI is InChI=1S/C10H11N5/c1-15(10-4-2-3-5-12-10)14-7-9-6-11-8-13-9/h2-8H,1H3,(H,11,13)/b14-7+. The first kappa shape index (κ1) is 9.39. The second-order valence-corrected chi connectivity index (χ2v) is 2.96. The number of hydrogen-bond donors (Lipinski definition) is 1. The normalized spacial score (nSPS) is 10.7. The van der Waals surface area contributed by atoms with Crippen LogP contribution >= 0.6 is 0 Å². The monoisotopic (exact) mass is 201 g/mol. The van der Waals surface area contributed by atoms with E-state index in [0.29, 0.717) is 0 Å². The Labute approximate surface area is 87.5 Å². The van der Waals surface area contributed by atoms with E-state index >= 15 is 0 Å². The first-order valence-corrected chi connectivity index (χ1v) is 4.53. The maximum Gasteiger partial charge on any atom is 0.148 e. The lowest BCUT2D eigenvalue weighted by Gasteiger charge is -2.09. The zero-order valence-electron chi connectivity index (χ0n) is 8.33. The molecule has 0 radical (unpaired) electrons. The van der Waals surface area contributed by atoms with Crippen LogP contribution in [0.5, 0.6) is 0 Å². The third kappa shape index (κ3) is 2.40. The lowest BCUT2D eigenvalue weighted by atomic mass is 10.5. The maximum absolute atomic E-state index is 4.21. The Bertz CT molecular complexity index is 420. The summed E-state index contributed by atoms with van der Waals surface area (Å²) in [5, 5.41) is 5.91. The molecule has 5 nitrogen and oxygen atoms in total. The summed E-state index contributed by atoms with van der Waals surface area (Å²) in [6.45, 7) is 0. The molecule has 2 rings (SSSR count). The molecule has 0 saturated heterocycles. The molecule has 0 aliphatic heterocycles. The third-order valence-electron chi connectivity index (χ3n) is 1.87. The number of nitrogens with one attached hydrogen (secondary N) is 1. The fraction of sp³-hybridized carbons (Fsp3) is 0.100. The van der Waals surface area contributed by atoms with E-state index in [1.165, 1.54) is 0 Å². The van der Waals surface area contributed by atoms with Gasteiger partial charge in [-0.15, -0.1) is 0 Å². The van der Waals surface area contributed by atoms with Gasteiger partial charge in [-0.05, 0) is 12.1 Å². The summed E-state index contributed by atoms with van der Waals surface area (Å²) in [7, 11) is 1.84. The minimum absolute atomic E-state index is 0.799. The van der Waals surface area contributed by atoms with Crippen LogP contribution < -0.4 is 5.01 Å². The Balaban J connectivity index is 2.07. The van der Waals surface area contributed by atoms with Crippen molar-refractivity contribution in [2.24, 2.45) is 5.10 Å². The lowest BCUT2D eigenvalue weighted by molar-refractivity contribution is 0.982. The number of H-pyrrole nitrogens is 1. The van der Waals surface area contributed by atoms with Gasteiger partial charge >= 0.3 is 0 Å². The number of rotatable bonds is 3. The average molecular weight is 201 g/mol. The van der Waals surface area contributed by atoms with Gasteiger partial charge in [0.2, 0.25) is 0 Å². The number of anilines is 1. The van der Waals surface area contributed by atoms with Gasteiger partial charge in [-0.2, -0.15) is 5.10 Å². The predicted octanol–water partition coefficient (Wildman–Crippen LogP) is 1.27. The van der Waals surface area contributed by atoms with Crippen LogP contribution in [0.4, 0.5) is 5.82 Å². The smallest absolute Gasteiger partial charge is 0.148 e. The molecule has 76 valence electrons. The number of aromatic nitrogens is 3. The van der Waals surface area contributed by atoms with Crippen molar-refractivity contribution in [3.05, 3.63) is 42.6 Å². The number of aromatic amines is 1. The molecule has 0 bridgehead atoms. The van der Waals surface area contributed by atoms with Crippen LogP contribution in [0.15, 0.2) is 42.0 Å². The Morgan fingerprint density at radius 3 is 3.07 bits per heavy atom. The van der Waals surface area contributed by atoms with Crippen molar-refractivity contribution in [1.29, 1.82) is 0 Å². The molecule has 15 heavy (non-hydrogen) atoms. The van der Waals surface area contributed by atoms with Crippen LogP contribution in [-0.2, 0) is 0 Å². The number of hydrogen-bond acceptors (Lipinski definition) is 4. The minimum Gasteiger partial charge on any atom is -0.344 e. The van der Waals surface area contributed by atoms with Crippen LogP contribution in [0.2, 0.25) is 0 Å². The van der Waals surface area contributed by atoms with Gasteiger partial charge in [0.1, 0.15) is 5.82 Å². The fourth-order valence-corrected chi connectivity index (χ4v) is 1.09. The zero-order chi connectivity index (χ0) is 10.5. The molecule has 2 heterocycles. The number of hydrazone groups is 1. The van der Waals surface area contributed by atoms with Gasteiger partial charge in [-0.1, -0.05) is 6.07 Å². The van der Waals surface area contributed by atoms with Crippen molar-refractivity contribution in [3.63, 3.8) is 0 Å². The largest absolute Gasteiger partial charge is 0.344 e. The van der Waals surface area contributed by atoms with E-state index in [9.17, 15) is 0 Å². The Hall–Kier alpha value is -2.17. The van der Waals surface area contributed by atoms with Crippen molar-refractivity contribution in [2.45, 2.75) is 0 Å². The highest BCUT2D eigenvalue weighted by Gasteiger charge is 1.96. The molecular formula is C10H11N5. The maximum atomic E-state index is 4.21. The summed E-state index contributed by atoms with van der Waals surface area (Å²) in [5.41, 5.74) is 0.859. The Kier molecular flexibility index (Phi) is 2.73. The van der Waals surface area contributed by atoms with E-state index in [0.717, 1.165) is 11.5 Å². The number of imidazole rings is 1. The Morgan fingerprint density at radius 2 is 2.40 bits per heavy atom. The van der Waals surface area contributed by atoms with Crippen LogP contribution in [0.1, 0.15) is 5.69 Å². The van der Waals surface area contributed by atoms with Gasteiger partial charge in [0, 0.05) is 13.2 Å². The molecule has 1 N–H and O–H groups in total. The highest BCUT2D eigenvalue weighted by atomic mass is 15.5. The lowest BCUT2D eigenvalue weighted by Crippen LogP contribution is -2.10. The van der Waals surface area contributed by atoms with Crippen molar-refractivity contribution in [1.82, 2.24) is 15.0 Å². The molecule has 0 spiro atoms. The number of nitrogens with zero attached hydrogens (tertiary/aromatic N) is 4. The molecule has 0 aliphatic carbocycles. The topological polar surface area (TPSA) is 57.2 Å². The second-order valence-electron chi connectivity index (χ2n) is 2.96. The molecule has 0 aromatic carbocycles. The van der Waals surface area contributed by atoms with Crippen molar-refractivity contribution in [2.75, 3.05) is 12.1 Å². The van der Waals surface area contributed by atoms with E-state index in [1.54, 1.807) is 29.9 Å². The van der Waals surface area contributed by atoms with E-state index in [4.69, 9.17) is 0 Å². The van der Waals surface area contributed by atoms with Crippen molar-refractivity contribution >= 4 is 12.0 Å². The predicted molar refractivity (Wildman–Crippen MR) is 58.8 cm³/mol. The van der Waals surface area contributed by atoms with Gasteiger partial charge in [0.25, 0.3) is 0 Å². The highest BCUT2D eigenvalue weighted by Crippen LogP contribution is 2.06. The summed E-state index contributed by atoms with van der Waals surface area (Å²) in [6.07, 6.45) is 6.75. The van der Waals surface area contributed by atoms with E-state index in [1.807, 2.05) is 25.2 Å². The SMILES string of the molecule is CN(/N=C/c1cnc[nH]1)c1ccccn1. The molecule has 0 aliphatic rings. The summed E-state index contributed by atoms with van der Waals surface area (Å²) in [6, 6.07) is 5.69. The quantitative estimate of drug-likeness (QED) is 0.601. The van der Waals surface area contributed by atoms with Crippen molar-refractivity contribution < 1.29 is 0 Å². The van der Waals surface area contributed by atoms with E-state index < -0.39 is 0 Å². The van der Waals surface area contributed by atoms with Crippen LogP contribution in [0, 0.1) is 0 Å². The molecule has 0 fully saturated rings. The highest BCUT2D eigenvalue weighted by molar-refractivity contribution is 5.77. The van der Waals surface area contributed by atoms with Gasteiger partial charge in [-0.25, -0.2) is 9.97 Å². The van der Waals surface area contributed by atoms with Gasteiger partial charge < -0.3 is 4.98 Å². The minimum atomic E-state index is 0.799. The van der Waals surface area contributed by atoms with E-state index in [-0.39, 0.29) is 0 Å². The summed E-state index contributed by atoms with van der Waals surface area (Å²) in [5.74, 6) is 0.799. The molecule has 5 heteroatoms. The Morgan fingerprint density at radius 1 is 1.47 bits per heavy atom. The van der Waals surface area contributed by atoms with Gasteiger partial charge in [-0.3, -0.25) is 5.01 Å². The van der Waals surface area contributed by atoms with E-state index in [2.05, 4.69) is 20.1 Å². The average Bonchev–Trinajstić information content (AvgIpc) is 2.80. The molecular weight excluding hydrogens is 190 g/mol. The third-order valence-corrected chi connectivity index (χ3v) is 1.87. The molecule has 0 atom stereocenters. The zero-order valence-corrected chi connectivity index (χ0v) is 8.33. The van der Waals surface area contributed by atoms with Crippen LogP contribution in [-0.4, -0.2) is 28.2 Å². The molecule has 0 amide bonds. The molecule has 0 saturated carbocycles. The molecule has 2 aromatic heterocycles. The van der Waals surface area contributed by atoms with Crippen LogP contribution in [0.3, 0.4) is 0 Å². The van der Waals surface area contributed by atoms with Gasteiger partial charge in [0.15, 0.2) is 0 Å². The fourth-order valence-electron chi connectivity index (χ4n) is 1.09. The second kappa shape index (κ2) is 4.36. The molecule has 2 aromatic rings. The van der Waals surface area contributed by atoms with Gasteiger partial charge in [0.05, 0.1) is 24.4 Å². The summed E-state index contributed by atoms with van der Waals surface area (Å²) >= 11 is 0. The number of pyridine rings is 1. The molecule has 0 unspecified atom stereocenters. The first-order chi connectivity index (χ1) is 7.36. The summed E-state index contributed by atoms with van der Waals surface area (Å²) < 4.78 is 0. The first-order valence-electron chi connectivity index (χ1n) is 4.53.